The Bertz CT molecular complexity index is 305. The molecule has 1 aromatic heterocycles. The van der Waals surface area contributed by atoms with Gasteiger partial charge in [0.1, 0.15) is 5.15 Å². The van der Waals surface area contributed by atoms with Crippen LogP contribution in [0.4, 0.5) is 0 Å². The first-order chi connectivity index (χ1) is 5.65. The van der Waals surface area contributed by atoms with E-state index in [0.29, 0.717) is 6.29 Å². The van der Waals surface area contributed by atoms with Crippen molar-refractivity contribution in [2.45, 2.75) is 0 Å². The van der Waals surface area contributed by atoms with Gasteiger partial charge in [0.2, 0.25) is 0 Å². The van der Waals surface area contributed by atoms with Crippen LogP contribution in [-0.2, 0) is 0 Å². The third-order valence-corrected chi connectivity index (χ3v) is 1.62. The average molecular weight is 185 g/mol. The second-order valence-electron chi connectivity index (χ2n) is 2.14. The lowest BCUT2D eigenvalue weighted by Gasteiger charge is -2.01. The van der Waals surface area contributed by atoms with Crippen LogP contribution in [0.5, 0.6) is 0 Å². The first-order valence-electron chi connectivity index (χ1n) is 3.12. The van der Waals surface area contributed by atoms with E-state index in [0.717, 1.165) is 0 Å². The fourth-order valence-electron chi connectivity index (χ4n) is 0.728. The molecule has 6 heteroatoms. The molecule has 0 unspecified atom stereocenters. The van der Waals surface area contributed by atoms with Crippen LogP contribution < -0.4 is 5.46 Å². The number of aromatic nitrogens is 1. The first-order valence-corrected chi connectivity index (χ1v) is 3.49. The first kappa shape index (κ1) is 9.19. The van der Waals surface area contributed by atoms with Gasteiger partial charge in [0, 0.05) is 17.2 Å². The highest BCUT2D eigenvalue weighted by atomic mass is 35.5. The van der Waals surface area contributed by atoms with Crippen molar-refractivity contribution in [2.24, 2.45) is 0 Å². The maximum atomic E-state index is 10.2. The van der Waals surface area contributed by atoms with Crippen molar-refractivity contribution in [1.29, 1.82) is 0 Å². The van der Waals surface area contributed by atoms with Gasteiger partial charge >= 0.3 is 7.12 Å². The Morgan fingerprint density at radius 2 is 2.25 bits per heavy atom. The normalized spacial score (nSPS) is 9.58. The molecule has 0 aliphatic carbocycles. The van der Waals surface area contributed by atoms with Gasteiger partial charge in [-0.25, -0.2) is 4.98 Å². The molecule has 0 aromatic carbocycles. The number of carbonyl (C=O) groups is 1. The molecular formula is C6H5BClNO3. The van der Waals surface area contributed by atoms with Gasteiger partial charge in [-0.05, 0) is 6.07 Å². The minimum Gasteiger partial charge on any atom is -0.423 e. The predicted molar refractivity (Wildman–Crippen MR) is 44.5 cm³/mol. The van der Waals surface area contributed by atoms with E-state index in [1.165, 1.54) is 12.3 Å². The zero-order valence-corrected chi connectivity index (χ0v) is 6.69. The van der Waals surface area contributed by atoms with E-state index < -0.39 is 7.12 Å². The molecule has 1 rings (SSSR count). The van der Waals surface area contributed by atoms with Crippen molar-refractivity contribution in [2.75, 3.05) is 0 Å². The van der Waals surface area contributed by atoms with Gasteiger partial charge < -0.3 is 10.0 Å². The molecule has 1 aromatic rings. The van der Waals surface area contributed by atoms with Gasteiger partial charge in [-0.1, -0.05) is 11.6 Å². The van der Waals surface area contributed by atoms with Gasteiger partial charge in [-0.3, -0.25) is 4.79 Å². The summed E-state index contributed by atoms with van der Waals surface area (Å²) >= 11 is 5.50. The summed E-state index contributed by atoms with van der Waals surface area (Å²) in [6.07, 6.45) is 1.80. The summed E-state index contributed by atoms with van der Waals surface area (Å²) in [5.74, 6) is 0. The monoisotopic (exact) mass is 185 g/mol. The van der Waals surface area contributed by atoms with Crippen molar-refractivity contribution < 1.29 is 14.8 Å². The van der Waals surface area contributed by atoms with Crippen LogP contribution >= 0.6 is 11.6 Å². The standard InChI is InChI=1S/C6H5BClNO3/c8-6-5(7(11)12)1-4(3-10)2-9-6/h1-3,11-12H. The summed E-state index contributed by atoms with van der Waals surface area (Å²) in [6.45, 7) is 0. The molecule has 0 saturated heterocycles. The maximum Gasteiger partial charge on any atom is 0.491 e. The average Bonchev–Trinajstić information content (AvgIpc) is 2.05. The van der Waals surface area contributed by atoms with E-state index in [4.69, 9.17) is 21.6 Å². The summed E-state index contributed by atoms with van der Waals surface area (Å²) in [4.78, 5) is 13.8. The zero-order chi connectivity index (χ0) is 9.14. The molecule has 0 fully saturated rings. The molecule has 0 aliphatic rings. The lowest BCUT2D eigenvalue weighted by atomic mass is 9.81. The van der Waals surface area contributed by atoms with Crippen molar-refractivity contribution in [3.8, 4) is 0 Å². The summed E-state index contributed by atoms with van der Waals surface area (Å²) in [5, 5.41) is 17.5. The Morgan fingerprint density at radius 3 is 2.75 bits per heavy atom. The number of aldehydes is 1. The third-order valence-electron chi connectivity index (χ3n) is 1.30. The van der Waals surface area contributed by atoms with Crippen LogP contribution in [0, 0.1) is 0 Å². The van der Waals surface area contributed by atoms with E-state index in [1.54, 1.807) is 0 Å². The number of rotatable bonds is 2. The highest BCUT2D eigenvalue weighted by Crippen LogP contribution is 2.01. The smallest absolute Gasteiger partial charge is 0.423 e. The summed E-state index contributed by atoms with van der Waals surface area (Å²) in [6, 6.07) is 1.27. The summed E-state index contributed by atoms with van der Waals surface area (Å²) in [5.41, 5.74) is 0.281. The number of carbonyl (C=O) groups excluding carboxylic acids is 1. The predicted octanol–water partition coefficient (Wildman–Crippen LogP) is -0.773. The molecule has 0 radical (unpaired) electrons. The number of hydrogen-bond donors (Lipinski definition) is 2. The zero-order valence-electron chi connectivity index (χ0n) is 5.94. The Hall–Kier alpha value is -0.905. The molecular weight excluding hydrogens is 180 g/mol. The van der Waals surface area contributed by atoms with Crippen molar-refractivity contribution in [3.05, 3.63) is 23.0 Å². The maximum absolute atomic E-state index is 10.2. The fourth-order valence-corrected chi connectivity index (χ4v) is 0.929. The van der Waals surface area contributed by atoms with Gasteiger partial charge in [-0.2, -0.15) is 0 Å². The van der Waals surface area contributed by atoms with Crippen molar-refractivity contribution >= 4 is 30.5 Å². The molecule has 0 atom stereocenters. The topological polar surface area (TPSA) is 70.4 Å². The van der Waals surface area contributed by atoms with Crippen LogP contribution in [0.1, 0.15) is 10.4 Å². The molecule has 2 N–H and O–H groups in total. The van der Waals surface area contributed by atoms with E-state index in [2.05, 4.69) is 4.98 Å². The number of nitrogens with zero attached hydrogens (tertiary/aromatic N) is 1. The van der Waals surface area contributed by atoms with E-state index in [9.17, 15) is 4.79 Å². The Morgan fingerprint density at radius 1 is 1.58 bits per heavy atom. The van der Waals surface area contributed by atoms with Gasteiger partial charge in [0.05, 0.1) is 0 Å². The Balaban J connectivity index is 3.16. The minimum atomic E-state index is -1.70. The van der Waals surface area contributed by atoms with Crippen LogP contribution in [0.25, 0.3) is 0 Å². The molecule has 0 saturated carbocycles. The second kappa shape index (κ2) is 3.66. The highest BCUT2D eigenvalue weighted by Gasteiger charge is 2.16. The van der Waals surface area contributed by atoms with Gasteiger partial charge in [-0.15, -0.1) is 0 Å². The fraction of sp³-hybridized carbons (Fsp3) is 0. The van der Waals surface area contributed by atoms with E-state index in [-0.39, 0.29) is 16.2 Å². The molecule has 62 valence electrons. The van der Waals surface area contributed by atoms with Crippen LogP contribution in [0.15, 0.2) is 12.3 Å². The lowest BCUT2D eigenvalue weighted by molar-refractivity contribution is 0.112. The summed E-state index contributed by atoms with van der Waals surface area (Å²) in [7, 11) is -1.70. The summed E-state index contributed by atoms with van der Waals surface area (Å²) < 4.78 is 0. The molecule has 0 aliphatic heterocycles. The van der Waals surface area contributed by atoms with Gasteiger partial charge in [0.25, 0.3) is 0 Å². The van der Waals surface area contributed by atoms with Crippen molar-refractivity contribution in [3.63, 3.8) is 0 Å². The molecule has 0 spiro atoms. The quantitative estimate of drug-likeness (QED) is 0.360. The number of pyridine rings is 1. The largest absolute Gasteiger partial charge is 0.491 e. The highest BCUT2D eigenvalue weighted by molar-refractivity contribution is 6.62. The van der Waals surface area contributed by atoms with Crippen LogP contribution in [0.2, 0.25) is 5.15 Å². The number of halogens is 1. The molecule has 12 heavy (non-hydrogen) atoms. The Labute approximate surface area is 74.0 Å². The van der Waals surface area contributed by atoms with E-state index >= 15 is 0 Å². The second-order valence-corrected chi connectivity index (χ2v) is 2.50. The minimum absolute atomic E-state index is 0.0180. The van der Waals surface area contributed by atoms with Crippen LogP contribution in [-0.4, -0.2) is 28.4 Å². The SMILES string of the molecule is O=Cc1cnc(Cl)c(B(O)O)c1. The van der Waals surface area contributed by atoms with Gasteiger partial charge in [0.15, 0.2) is 6.29 Å². The molecule has 1 heterocycles. The molecule has 0 amide bonds. The molecule has 4 nitrogen and oxygen atoms in total. The van der Waals surface area contributed by atoms with E-state index in [1.807, 2.05) is 0 Å². The molecule has 0 bridgehead atoms. The third kappa shape index (κ3) is 1.82. The Kier molecular flexibility index (Phi) is 2.81. The van der Waals surface area contributed by atoms with Crippen LogP contribution in [0.3, 0.4) is 0 Å². The lowest BCUT2D eigenvalue weighted by Crippen LogP contribution is -2.31. The van der Waals surface area contributed by atoms with Crippen molar-refractivity contribution in [1.82, 2.24) is 4.98 Å². The number of hydrogen-bond acceptors (Lipinski definition) is 4.